The van der Waals surface area contributed by atoms with E-state index < -0.39 is 10.0 Å². The summed E-state index contributed by atoms with van der Waals surface area (Å²) >= 11 is 0. The van der Waals surface area contributed by atoms with Crippen LogP contribution in [0.5, 0.6) is 0 Å². The second-order valence-electron chi connectivity index (χ2n) is 4.54. The zero-order chi connectivity index (χ0) is 13.9. The van der Waals surface area contributed by atoms with E-state index in [9.17, 15) is 8.42 Å². The number of sulfonamides is 1. The van der Waals surface area contributed by atoms with Crippen LogP contribution in [0.15, 0.2) is 54.6 Å². The van der Waals surface area contributed by atoms with E-state index in [0.29, 0.717) is 6.54 Å². The van der Waals surface area contributed by atoms with Gasteiger partial charge in [0.2, 0.25) is 10.0 Å². The van der Waals surface area contributed by atoms with Crippen molar-refractivity contribution in [1.29, 1.82) is 0 Å². The van der Waals surface area contributed by atoms with Gasteiger partial charge >= 0.3 is 0 Å². The fraction of sp³-hybridized carbons (Fsp3) is 0.200. The SMILES string of the molecule is Cc1ccccc1N(Cc1ccccc1)S(C)(=O)=O. The predicted molar refractivity (Wildman–Crippen MR) is 78.6 cm³/mol. The largest absolute Gasteiger partial charge is 0.266 e. The maximum Gasteiger partial charge on any atom is 0.232 e. The van der Waals surface area contributed by atoms with Crippen LogP contribution in [0, 0.1) is 6.92 Å². The molecule has 0 saturated heterocycles. The first kappa shape index (κ1) is 13.6. The third-order valence-electron chi connectivity index (χ3n) is 2.95. The Morgan fingerprint density at radius 3 is 2.11 bits per heavy atom. The van der Waals surface area contributed by atoms with Crippen LogP contribution >= 0.6 is 0 Å². The molecule has 19 heavy (non-hydrogen) atoms. The first-order valence-electron chi connectivity index (χ1n) is 6.06. The molecular weight excluding hydrogens is 258 g/mol. The Bertz CT molecular complexity index is 651. The summed E-state index contributed by atoms with van der Waals surface area (Å²) in [4.78, 5) is 0. The van der Waals surface area contributed by atoms with Crippen molar-refractivity contribution in [3.8, 4) is 0 Å². The fourth-order valence-corrected chi connectivity index (χ4v) is 2.92. The van der Waals surface area contributed by atoms with Gasteiger partial charge in [-0.05, 0) is 24.1 Å². The van der Waals surface area contributed by atoms with Crippen LogP contribution in [0.4, 0.5) is 5.69 Å². The number of benzene rings is 2. The van der Waals surface area contributed by atoms with Crippen LogP contribution in [-0.4, -0.2) is 14.7 Å². The highest BCUT2D eigenvalue weighted by Crippen LogP contribution is 2.24. The van der Waals surface area contributed by atoms with Gasteiger partial charge in [-0.25, -0.2) is 8.42 Å². The molecule has 0 atom stereocenters. The fourth-order valence-electron chi connectivity index (χ4n) is 1.97. The van der Waals surface area contributed by atoms with Crippen molar-refractivity contribution in [2.24, 2.45) is 0 Å². The van der Waals surface area contributed by atoms with Crippen molar-refractivity contribution >= 4 is 15.7 Å². The maximum absolute atomic E-state index is 12.0. The van der Waals surface area contributed by atoms with Gasteiger partial charge in [0.25, 0.3) is 0 Å². The topological polar surface area (TPSA) is 37.4 Å². The van der Waals surface area contributed by atoms with Crippen LogP contribution in [0.3, 0.4) is 0 Å². The first-order valence-corrected chi connectivity index (χ1v) is 7.90. The van der Waals surface area contributed by atoms with E-state index in [2.05, 4.69) is 0 Å². The third kappa shape index (κ3) is 3.35. The molecular formula is C15H17NO2S. The number of hydrogen-bond acceptors (Lipinski definition) is 2. The average Bonchev–Trinajstić information content (AvgIpc) is 2.37. The molecule has 0 aliphatic heterocycles. The number of nitrogens with zero attached hydrogens (tertiary/aromatic N) is 1. The molecule has 0 unspecified atom stereocenters. The van der Waals surface area contributed by atoms with Gasteiger partial charge in [0.15, 0.2) is 0 Å². The Morgan fingerprint density at radius 2 is 1.53 bits per heavy atom. The molecule has 0 saturated carbocycles. The molecule has 0 heterocycles. The summed E-state index contributed by atoms with van der Waals surface area (Å²) in [5.74, 6) is 0. The van der Waals surface area contributed by atoms with Crippen molar-refractivity contribution in [2.45, 2.75) is 13.5 Å². The Labute approximate surface area is 114 Å². The van der Waals surface area contributed by atoms with Crippen LogP contribution < -0.4 is 4.31 Å². The molecule has 2 aromatic carbocycles. The number of rotatable bonds is 4. The lowest BCUT2D eigenvalue weighted by Gasteiger charge is -2.24. The molecule has 2 aromatic rings. The summed E-state index contributed by atoms with van der Waals surface area (Å²) in [6, 6.07) is 17.1. The summed E-state index contributed by atoms with van der Waals surface area (Å²) in [6.45, 7) is 2.27. The van der Waals surface area contributed by atoms with E-state index >= 15 is 0 Å². The first-order chi connectivity index (χ1) is 8.98. The molecule has 0 spiro atoms. The van der Waals surface area contributed by atoms with E-state index in [1.54, 1.807) is 0 Å². The lowest BCUT2D eigenvalue weighted by atomic mass is 10.2. The molecule has 0 fully saturated rings. The monoisotopic (exact) mass is 275 g/mol. The standard InChI is InChI=1S/C15H17NO2S/c1-13-8-6-7-11-15(13)16(19(2,17)18)12-14-9-4-3-5-10-14/h3-11H,12H2,1-2H3. The van der Waals surface area contributed by atoms with Gasteiger partial charge in [-0.3, -0.25) is 4.31 Å². The average molecular weight is 275 g/mol. The highest BCUT2D eigenvalue weighted by atomic mass is 32.2. The highest BCUT2D eigenvalue weighted by molar-refractivity contribution is 7.92. The van der Waals surface area contributed by atoms with E-state index in [1.807, 2.05) is 61.5 Å². The van der Waals surface area contributed by atoms with Crippen molar-refractivity contribution in [1.82, 2.24) is 0 Å². The van der Waals surface area contributed by atoms with Gasteiger partial charge in [0, 0.05) is 0 Å². The quantitative estimate of drug-likeness (QED) is 0.860. The molecule has 0 aliphatic rings. The van der Waals surface area contributed by atoms with Gasteiger partial charge in [0.05, 0.1) is 18.5 Å². The van der Waals surface area contributed by atoms with E-state index in [0.717, 1.165) is 16.8 Å². The summed E-state index contributed by atoms with van der Waals surface area (Å²) in [7, 11) is -3.31. The zero-order valence-corrected chi connectivity index (χ0v) is 11.9. The van der Waals surface area contributed by atoms with Crippen molar-refractivity contribution < 1.29 is 8.42 Å². The molecule has 0 radical (unpaired) electrons. The van der Waals surface area contributed by atoms with Gasteiger partial charge < -0.3 is 0 Å². The van der Waals surface area contributed by atoms with Crippen molar-refractivity contribution in [3.63, 3.8) is 0 Å². The van der Waals surface area contributed by atoms with E-state index in [4.69, 9.17) is 0 Å². The lowest BCUT2D eigenvalue weighted by Crippen LogP contribution is -2.29. The van der Waals surface area contributed by atoms with Gasteiger partial charge in [-0.15, -0.1) is 0 Å². The predicted octanol–water partition coefficient (Wildman–Crippen LogP) is 2.96. The van der Waals surface area contributed by atoms with E-state index in [1.165, 1.54) is 10.6 Å². The van der Waals surface area contributed by atoms with Gasteiger partial charge in [0.1, 0.15) is 0 Å². The summed E-state index contributed by atoms with van der Waals surface area (Å²) in [6.07, 6.45) is 1.24. The number of aryl methyl sites for hydroxylation is 1. The van der Waals surface area contributed by atoms with Crippen LogP contribution in [0.1, 0.15) is 11.1 Å². The second kappa shape index (κ2) is 5.45. The Kier molecular flexibility index (Phi) is 3.90. The van der Waals surface area contributed by atoms with Crippen LogP contribution in [0.2, 0.25) is 0 Å². The second-order valence-corrected chi connectivity index (χ2v) is 6.45. The summed E-state index contributed by atoms with van der Waals surface area (Å²) in [5, 5.41) is 0. The normalized spacial score (nSPS) is 11.3. The number of anilines is 1. The molecule has 3 nitrogen and oxygen atoms in total. The zero-order valence-electron chi connectivity index (χ0n) is 11.1. The van der Waals surface area contributed by atoms with Crippen LogP contribution in [-0.2, 0) is 16.6 Å². The number of hydrogen-bond donors (Lipinski definition) is 0. The minimum Gasteiger partial charge on any atom is -0.266 e. The number of para-hydroxylation sites is 1. The summed E-state index contributed by atoms with van der Waals surface area (Å²) in [5.41, 5.74) is 2.65. The molecule has 2 rings (SSSR count). The molecule has 0 aliphatic carbocycles. The van der Waals surface area contributed by atoms with Crippen molar-refractivity contribution in [2.75, 3.05) is 10.6 Å². The minimum atomic E-state index is -3.31. The van der Waals surface area contributed by atoms with Crippen LogP contribution in [0.25, 0.3) is 0 Å². The Hall–Kier alpha value is -1.81. The Balaban J connectivity index is 2.41. The Morgan fingerprint density at radius 1 is 0.947 bits per heavy atom. The molecule has 100 valence electrons. The smallest absolute Gasteiger partial charge is 0.232 e. The summed E-state index contributed by atoms with van der Waals surface area (Å²) < 4.78 is 25.5. The van der Waals surface area contributed by atoms with Crippen molar-refractivity contribution in [3.05, 3.63) is 65.7 Å². The molecule has 0 N–H and O–H groups in total. The minimum absolute atomic E-state index is 0.352. The highest BCUT2D eigenvalue weighted by Gasteiger charge is 2.18. The lowest BCUT2D eigenvalue weighted by molar-refractivity contribution is 0.596. The van der Waals surface area contributed by atoms with Gasteiger partial charge in [-0.1, -0.05) is 48.5 Å². The van der Waals surface area contributed by atoms with Gasteiger partial charge in [-0.2, -0.15) is 0 Å². The molecule has 0 aromatic heterocycles. The molecule has 0 bridgehead atoms. The molecule has 0 amide bonds. The molecule has 4 heteroatoms. The maximum atomic E-state index is 12.0. The third-order valence-corrected chi connectivity index (χ3v) is 4.08. The van der Waals surface area contributed by atoms with E-state index in [-0.39, 0.29) is 0 Å².